The average Bonchev–Trinajstić information content (AvgIpc) is 3.32. The molecule has 11 heteroatoms. The molecule has 2 heterocycles. The van der Waals surface area contributed by atoms with Crippen molar-refractivity contribution in [2.45, 2.75) is 32.8 Å². The van der Waals surface area contributed by atoms with E-state index in [1.165, 1.54) is 35.1 Å². The first-order chi connectivity index (χ1) is 14.9. The fourth-order valence-electron chi connectivity index (χ4n) is 2.65. The summed E-state index contributed by atoms with van der Waals surface area (Å²) in [5.74, 6) is -0.514. The van der Waals surface area contributed by atoms with Crippen LogP contribution in [0.25, 0.3) is 6.08 Å². The number of nitrogens with zero attached hydrogens (tertiary/aromatic N) is 4. The Hall–Kier alpha value is -2.92. The van der Waals surface area contributed by atoms with Crippen LogP contribution in [0.15, 0.2) is 28.1 Å². The molecule has 1 atom stereocenters. The van der Waals surface area contributed by atoms with Gasteiger partial charge in [-0.2, -0.15) is 4.99 Å². The highest BCUT2D eigenvalue weighted by Crippen LogP contribution is 2.35. The highest BCUT2D eigenvalue weighted by Gasteiger charge is 2.31. The lowest BCUT2D eigenvalue weighted by Crippen LogP contribution is -2.26. The van der Waals surface area contributed by atoms with Gasteiger partial charge in [0.15, 0.2) is 22.8 Å². The maximum Gasteiger partial charge on any atom is 0.344 e. The number of thioether (sulfide) groups is 1. The van der Waals surface area contributed by atoms with E-state index >= 15 is 0 Å². The third kappa shape index (κ3) is 5.23. The molecule has 0 radical (unpaired) electrons. The number of carboxylic acid groups (broad SMARTS) is 1. The SMILES string of the molecule is CCc1nnc(/N=C2/S/C(=C/c3ccc(OC(CC)C(=O)O)c(OC)c3)C(=O)N2C)s1. The molecular formula is C20H22N4O5S2. The van der Waals surface area contributed by atoms with Crippen LogP contribution in [0.4, 0.5) is 5.13 Å². The van der Waals surface area contributed by atoms with Crippen molar-refractivity contribution >= 4 is 51.4 Å². The number of benzene rings is 1. The topological polar surface area (TPSA) is 114 Å². The summed E-state index contributed by atoms with van der Waals surface area (Å²) in [6.45, 7) is 3.72. The zero-order valence-corrected chi connectivity index (χ0v) is 19.1. The van der Waals surface area contributed by atoms with Crippen molar-refractivity contribution in [3.63, 3.8) is 0 Å². The van der Waals surface area contributed by atoms with E-state index in [4.69, 9.17) is 9.47 Å². The molecule has 0 spiro atoms. The van der Waals surface area contributed by atoms with E-state index in [-0.39, 0.29) is 5.91 Å². The molecule has 164 valence electrons. The number of aliphatic imine (C=N–C) groups is 1. The largest absolute Gasteiger partial charge is 0.493 e. The number of carbonyl (C=O) groups excluding carboxylic acids is 1. The van der Waals surface area contributed by atoms with Crippen molar-refractivity contribution in [1.82, 2.24) is 15.1 Å². The zero-order chi connectivity index (χ0) is 22.5. The van der Waals surface area contributed by atoms with E-state index in [0.29, 0.717) is 38.7 Å². The van der Waals surface area contributed by atoms with E-state index in [1.807, 2.05) is 6.92 Å². The van der Waals surface area contributed by atoms with Crippen LogP contribution in [-0.2, 0) is 16.0 Å². The summed E-state index contributed by atoms with van der Waals surface area (Å²) in [7, 11) is 3.13. The van der Waals surface area contributed by atoms with Crippen LogP contribution in [-0.4, -0.2) is 57.5 Å². The molecule has 1 fully saturated rings. The van der Waals surface area contributed by atoms with Gasteiger partial charge < -0.3 is 14.6 Å². The first kappa shape index (κ1) is 22.8. The summed E-state index contributed by atoms with van der Waals surface area (Å²) >= 11 is 2.64. The Kier molecular flexibility index (Phi) is 7.29. The van der Waals surface area contributed by atoms with Crippen LogP contribution in [0.1, 0.15) is 30.8 Å². The minimum atomic E-state index is -1.04. The Morgan fingerprint density at radius 1 is 1.32 bits per heavy atom. The number of carboxylic acids is 1. The summed E-state index contributed by atoms with van der Waals surface area (Å²) in [6.07, 6.45) is 1.86. The van der Waals surface area contributed by atoms with Crippen molar-refractivity contribution in [3.05, 3.63) is 33.7 Å². The van der Waals surface area contributed by atoms with Crippen molar-refractivity contribution < 1.29 is 24.2 Å². The second kappa shape index (κ2) is 9.92. The number of hydrogen-bond donors (Lipinski definition) is 1. The van der Waals surface area contributed by atoms with Crippen LogP contribution in [0, 0.1) is 0 Å². The molecular weight excluding hydrogens is 440 g/mol. The molecule has 0 saturated carbocycles. The molecule has 1 aliphatic heterocycles. The third-order valence-electron chi connectivity index (χ3n) is 4.35. The number of aliphatic carboxylic acids is 1. The predicted molar refractivity (Wildman–Crippen MR) is 120 cm³/mol. The van der Waals surface area contributed by atoms with Crippen molar-refractivity contribution in [2.75, 3.05) is 14.2 Å². The highest BCUT2D eigenvalue weighted by molar-refractivity contribution is 8.18. The van der Waals surface area contributed by atoms with Crippen LogP contribution in [0.2, 0.25) is 0 Å². The standard InChI is InChI=1S/C20H22N4O5S2/c1-5-12(18(26)27)29-13-8-7-11(9-14(13)28-4)10-15-17(25)24(3)20(30-15)21-19-23-22-16(6-2)31-19/h7-10,12H,5-6H2,1-4H3,(H,26,27)/b15-10+,21-20+. The molecule has 1 saturated heterocycles. The van der Waals surface area contributed by atoms with Gasteiger partial charge in [-0.15, -0.1) is 10.2 Å². The quantitative estimate of drug-likeness (QED) is 0.592. The number of amidine groups is 1. The molecule has 1 aromatic heterocycles. The molecule has 9 nitrogen and oxygen atoms in total. The molecule has 3 rings (SSSR count). The number of hydrogen-bond acceptors (Lipinski definition) is 9. The zero-order valence-electron chi connectivity index (χ0n) is 17.5. The molecule has 0 aliphatic carbocycles. The molecule has 1 unspecified atom stereocenters. The van der Waals surface area contributed by atoms with Gasteiger partial charge in [-0.1, -0.05) is 31.3 Å². The van der Waals surface area contributed by atoms with Crippen molar-refractivity contribution in [2.24, 2.45) is 4.99 Å². The van der Waals surface area contributed by atoms with E-state index in [0.717, 1.165) is 11.4 Å². The van der Waals surface area contributed by atoms with Gasteiger partial charge >= 0.3 is 5.97 Å². The third-order valence-corrected chi connectivity index (χ3v) is 6.38. The summed E-state index contributed by atoms with van der Waals surface area (Å²) in [5, 5.41) is 19.2. The minimum absolute atomic E-state index is 0.180. The van der Waals surface area contributed by atoms with Gasteiger partial charge in [0.2, 0.25) is 5.13 Å². The smallest absolute Gasteiger partial charge is 0.344 e. The molecule has 31 heavy (non-hydrogen) atoms. The summed E-state index contributed by atoms with van der Waals surface area (Å²) in [6, 6.07) is 5.06. The summed E-state index contributed by atoms with van der Waals surface area (Å²) < 4.78 is 10.9. The second-order valence-corrected chi connectivity index (χ2v) is 8.51. The van der Waals surface area contributed by atoms with E-state index in [1.54, 1.807) is 38.2 Å². The fourth-order valence-corrected chi connectivity index (χ4v) is 4.33. The lowest BCUT2D eigenvalue weighted by molar-refractivity contribution is -0.145. The van der Waals surface area contributed by atoms with Crippen LogP contribution in [0.5, 0.6) is 11.5 Å². The van der Waals surface area contributed by atoms with Crippen LogP contribution < -0.4 is 9.47 Å². The molecule has 1 aliphatic rings. The van der Waals surface area contributed by atoms with E-state index < -0.39 is 12.1 Å². The Labute approximate surface area is 187 Å². The fraction of sp³-hybridized carbons (Fsp3) is 0.350. The highest BCUT2D eigenvalue weighted by atomic mass is 32.2. The van der Waals surface area contributed by atoms with Gasteiger partial charge in [-0.3, -0.25) is 9.69 Å². The number of aryl methyl sites for hydroxylation is 1. The monoisotopic (exact) mass is 462 g/mol. The first-order valence-electron chi connectivity index (χ1n) is 9.52. The molecule has 2 aromatic rings. The average molecular weight is 463 g/mol. The van der Waals surface area contributed by atoms with Gasteiger partial charge in [-0.05, 0) is 48.4 Å². The summed E-state index contributed by atoms with van der Waals surface area (Å²) in [5.41, 5.74) is 0.710. The number of ether oxygens (including phenoxy) is 2. The lowest BCUT2D eigenvalue weighted by Gasteiger charge is -2.16. The Bertz CT molecular complexity index is 1050. The number of aromatic nitrogens is 2. The number of rotatable bonds is 8. The van der Waals surface area contributed by atoms with Gasteiger partial charge in [0.1, 0.15) is 5.01 Å². The Morgan fingerprint density at radius 2 is 2.10 bits per heavy atom. The van der Waals surface area contributed by atoms with Crippen LogP contribution in [0.3, 0.4) is 0 Å². The minimum Gasteiger partial charge on any atom is -0.493 e. The molecule has 1 amide bonds. The lowest BCUT2D eigenvalue weighted by atomic mass is 10.1. The predicted octanol–water partition coefficient (Wildman–Crippen LogP) is 3.58. The summed E-state index contributed by atoms with van der Waals surface area (Å²) in [4.78, 5) is 30.3. The number of carbonyl (C=O) groups is 2. The maximum atomic E-state index is 12.7. The second-order valence-electron chi connectivity index (χ2n) is 6.46. The van der Waals surface area contributed by atoms with E-state index in [9.17, 15) is 14.7 Å². The van der Waals surface area contributed by atoms with Crippen molar-refractivity contribution in [3.8, 4) is 11.5 Å². The van der Waals surface area contributed by atoms with Gasteiger partial charge in [0, 0.05) is 7.05 Å². The number of likely N-dealkylation sites (N-methyl/N-ethyl adjacent to an activating group) is 1. The van der Waals surface area contributed by atoms with Gasteiger partial charge in [0.25, 0.3) is 5.91 Å². The number of amides is 1. The molecule has 1 N–H and O–H groups in total. The Balaban J connectivity index is 1.83. The van der Waals surface area contributed by atoms with E-state index in [2.05, 4.69) is 15.2 Å². The van der Waals surface area contributed by atoms with Crippen molar-refractivity contribution in [1.29, 1.82) is 0 Å². The van der Waals surface area contributed by atoms with Crippen LogP contribution >= 0.6 is 23.1 Å². The molecule has 0 bridgehead atoms. The molecule has 1 aromatic carbocycles. The maximum absolute atomic E-state index is 12.7. The Morgan fingerprint density at radius 3 is 2.71 bits per heavy atom. The number of methoxy groups -OCH3 is 1. The van der Waals surface area contributed by atoms with Gasteiger partial charge in [-0.25, -0.2) is 4.79 Å². The first-order valence-corrected chi connectivity index (χ1v) is 11.2. The normalized spacial score (nSPS) is 17.4. The van der Waals surface area contributed by atoms with Gasteiger partial charge in [0.05, 0.1) is 12.0 Å².